The molecule has 0 saturated carbocycles. The number of rotatable bonds is 7. The number of carbonyl (C=O) groups is 1. The van der Waals surface area contributed by atoms with Gasteiger partial charge in [-0.15, -0.1) is 0 Å². The Hall–Kier alpha value is -2.75. The van der Waals surface area contributed by atoms with Crippen molar-refractivity contribution in [3.63, 3.8) is 0 Å². The molecule has 33 heavy (non-hydrogen) atoms. The Kier molecular flexibility index (Phi) is 6.43. The van der Waals surface area contributed by atoms with Crippen molar-refractivity contribution in [3.8, 4) is 11.1 Å². The van der Waals surface area contributed by atoms with Crippen molar-refractivity contribution in [3.05, 3.63) is 42.1 Å². The summed E-state index contributed by atoms with van der Waals surface area (Å²) in [6.07, 6.45) is 3.92. The van der Waals surface area contributed by atoms with E-state index in [0.29, 0.717) is 25.5 Å². The summed E-state index contributed by atoms with van der Waals surface area (Å²) < 4.78 is 14.9. The lowest BCUT2D eigenvalue weighted by Gasteiger charge is -2.31. The predicted molar refractivity (Wildman–Crippen MR) is 125 cm³/mol. The van der Waals surface area contributed by atoms with E-state index in [1.165, 1.54) is 0 Å². The van der Waals surface area contributed by atoms with Crippen LogP contribution in [0.3, 0.4) is 0 Å². The molecular weight excluding hydrogens is 421 g/mol. The summed E-state index contributed by atoms with van der Waals surface area (Å²) in [6, 6.07) is 6.10. The minimum Gasteiger partial charge on any atom is -0.304 e. The van der Waals surface area contributed by atoms with E-state index in [4.69, 9.17) is 4.98 Å². The van der Waals surface area contributed by atoms with Crippen molar-refractivity contribution in [1.82, 2.24) is 34.4 Å². The van der Waals surface area contributed by atoms with Crippen LogP contribution in [0.4, 0.5) is 4.39 Å². The fourth-order valence-electron chi connectivity index (χ4n) is 4.65. The van der Waals surface area contributed by atoms with Gasteiger partial charge in [0.05, 0.1) is 36.9 Å². The highest BCUT2D eigenvalue weighted by Crippen LogP contribution is 2.29. The zero-order valence-electron chi connectivity index (χ0n) is 19.1. The summed E-state index contributed by atoms with van der Waals surface area (Å²) in [7, 11) is 2.11. The SMILES string of the molecule is CN1CCN(CC(=O)Cc2ncc3ccc(-c4cnn5c4CN(CCF)CC5)cc3n2)CC1. The number of benzene rings is 1. The van der Waals surface area contributed by atoms with Gasteiger partial charge in [0.2, 0.25) is 0 Å². The zero-order valence-corrected chi connectivity index (χ0v) is 19.1. The first-order chi connectivity index (χ1) is 16.1. The van der Waals surface area contributed by atoms with Crippen LogP contribution in [0.2, 0.25) is 0 Å². The molecule has 8 nitrogen and oxygen atoms in total. The van der Waals surface area contributed by atoms with Gasteiger partial charge in [-0.2, -0.15) is 5.10 Å². The largest absolute Gasteiger partial charge is 0.304 e. The molecule has 0 unspecified atom stereocenters. The van der Waals surface area contributed by atoms with Crippen LogP contribution in [-0.4, -0.2) is 99.8 Å². The molecule has 5 rings (SSSR count). The van der Waals surface area contributed by atoms with E-state index >= 15 is 0 Å². The van der Waals surface area contributed by atoms with E-state index in [9.17, 15) is 9.18 Å². The summed E-state index contributed by atoms with van der Waals surface area (Å²) in [5.74, 6) is 0.707. The molecule has 0 atom stereocenters. The second-order valence-corrected chi connectivity index (χ2v) is 9.05. The molecule has 3 aromatic rings. The Morgan fingerprint density at radius 1 is 1.06 bits per heavy atom. The number of carbonyl (C=O) groups excluding carboxylic acids is 1. The summed E-state index contributed by atoms with van der Waals surface area (Å²) in [5, 5.41) is 5.47. The van der Waals surface area contributed by atoms with Crippen LogP contribution in [-0.2, 0) is 24.3 Å². The van der Waals surface area contributed by atoms with Gasteiger partial charge in [-0.05, 0) is 18.7 Å². The summed E-state index contributed by atoms with van der Waals surface area (Å²) in [4.78, 5) is 28.4. The highest BCUT2D eigenvalue weighted by Gasteiger charge is 2.21. The van der Waals surface area contributed by atoms with Gasteiger partial charge in [0.1, 0.15) is 12.5 Å². The molecular formula is C24H30FN7O. The Morgan fingerprint density at radius 3 is 2.70 bits per heavy atom. The Morgan fingerprint density at radius 2 is 1.88 bits per heavy atom. The highest BCUT2D eigenvalue weighted by molar-refractivity contribution is 5.85. The van der Waals surface area contributed by atoms with Gasteiger partial charge in [-0.1, -0.05) is 12.1 Å². The summed E-state index contributed by atoms with van der Waals surface area (Å²) in [5.41, 5.74) is 4.00. The maximum atomic E-state index is 12.8. The third-order valence-electron chi connectivity index (χ3n) is 6.65. The number of hydrogen-bond acceptors (Lipinski definition) is 7. The zero-order chi connectivity index (χ0) is 22.8. The second kappa shape index (κ2) is 9.62. The van der Waals surface area contributed by atoms with E-state index < -0.39 is 0 Å². The van der Waals surface area contributed by atoms with Crippen LogP contribution >= 0.6 is 0 Å². The van der Waals surface area contributed by atoms with E-state index in [1.807, 2.05) is 23.0 Å². The number of Topliss-reactive ketones (excluding diaryl/α,β-unsaturated/α-hetero) is 1. The van der Waals surface area contributed by atoms with E-state index in [1.54, 1.807) is 6.20 Å². The molecule has 1 aromatic carbocycles. The molecule has 0 N–H and O–H groups in total. The van der Waals surface area contributed by atoms with Gasteiger partial charge in [0.15, 0.2) is 5.78 Å². The third kappa shape index (κ3) is 4.95. The van der Waals surface area contributed by atoms with Crippen molar-refractivity contribution < 1.29 is 9.18 Å². The average molecular weight is 452 g/mol. The fraction of sp³-hybridized carbons (Fsp3) is 0.500. The molecule has 0 radical (unpaired) electrons. The van der Waals surface area contributed by atoms with Crippen molar-refractivity contribution in [2.45, 2.75) is 19.5 Å². The topological polar surface area (TPSA) is 70.4 Å². The summed E-state index contributed by atoms with van der Waals surface area (Å²) >= 11 is 0. The van der Waals surface area contributed by atoms with Gasteiger partial charge in [0, 0.05) is 63.0 Å². The molecule has 0 aliphatic carbocycles. The normalized spacial score (nSPS) is 18.0. The van der Waals surface area contributed by atoms with Crippen LogP contribution in [0.1, 0.15) is 11.5 Å². The second-order valence-electron chi connectivity index (χ2n) is 9.05. The maximum Gasteiger partial charge on any atom is 0.154 e. The van der Waals surface area contributed by atoms with Crippen LogP contribution in [0.25, 0.3) is 22.0 Å². The van der Waals surface area contributed by atoms with Crippen molar-refractivity contribution in [1.29, 1.82) is 0 Å². The summed E-state index contributed by atoms with van der Waals surface area (Å²) in [6.45, 7) is 6.65. The van der Waals surface area contributed by atoms with Gasteiger partial charge in [-0.25, -0.2) is 14.4 Å². The third-order valence-corrected chi connectivity index (χ3v) is 6.65. The maximum absolute atomic E-state index is 12.8. The first-order valence-electron chi connectivity index (χ1n) is 11.6. The van der Waals surface area contributed by atoms with E-state index in [-0.39, 0.29) is 18.9 Å². The predicted octanol–water partition coefficient (Wildman–Crippen LogP) is 1.64. The highest BCUT2D eigenvalue weighted by atomic mass is 19.1. The Bertz CT molecular complexity index is 1140. The number of ketones is 1. The van der Waals surface area contributed by atoms with Gasteiger partial charge in [-0.3, -0.25) is 19.3 Å². The lowest BCUT2D eigenvalue weighted by Crippen LogP contribution is -2.46. The molecule has 9 heteroatoms. The molecule has 1 saturated heterocycles. The molecule has 0 spiro atoms. The van der Waals surface area contributed by atoms with Crippen molar-refractivity contribution in [2.24, 2.45) is 0 Å². The number of nitrogens with zero attached hydrogens (tertiary/aromatic N) is 7. The Balaban J connectivity index is 1.33. The molecule has 1 fully saturated rings. The molecule has 2 aliphatic rings. The number of piperazine rings is 1. The molecule has 2 aliphatic heterocycles. The Labute approximate surface area is 193 Å². The number of halogens is 1. The number of aromatic nitrogens is 4. The van der Waals surface area contributed by atoms with Crippen molar-refractivity contribution in [2.75, 3.05) is 59.5 Å². The first kappa shape index (κ1) is 22.1. The first-order valence-corrected chi connectivity index (χ1v) is 11.6. The average Bonchev–Trinajstić information content (AvgIpc) is 3.23. The van der Waals surface area contributed by atoms with Crippen LogP contribution in [0.15, 0.2) is 30.6 Å². The minimum absolute atomic E-state index is 0.147. The quantitative estimate of drug-likeness (QED) is 0.541. The van der Waals surface area contributed by atoms with Gasteiger partial charge in [0.25, 0.3) is 0 Å². The molecule has 0 bridgehead atoms. The van der Waals surface area contributed by atoms with Crippen molar-refractivity contribution >= 4 is 16.7 Å². The molecule has 2 aromatic heterocycles. The standard InChI is InChI=1S/C24H30FN7O/c1-29-6-8-31(9-7-29)16-20(33)13-24-26-14-19-3-2-18(12-22(19)28-24)21-15-27-32-11-10-30(5-4-25)17-23(21)32/h2-3,12,14-15H,4-11,13,16-17H2,1H3. The minimum atomic E-state index is -0.341. The monoisotopic (exact) mass is 451 g/mol. The molecule has 174 valence electrons. The van der Waals surface area contributed by atoms with E-state index in [2.05, 4.69) is 37.9 Å². The molecule has 0 amide bonds. The van der Waals surface area contributed by atoms with E-state index in [0.717, 1.165) is 67.0 Å². The van der Waals surface area contributed by atoms with Crippen LogP contribution in [0.5, 0.6) is 0 Å². The number of fused-ring (bicyclic) bond motifs is 2. The molecule has 4 heterocycles. The number of hydrogen-bond donors (Lipinski definition) is 0. The van der Waals surface area contributed by atoms with Crippen LogP contribution < -0.4 is 0 Å². The lowest BCUT2D eigenvalue weighted by molar-refractivity contribution is -0.120. The lowest BCUT2D eigenvalue weighted by atomic mass is 10.0. The fourth-order valence-corrected chi connectivity index (χ4v) is 4.65. The van der Waals surface area contributed by atoms with Gasteiger partial charge < -0.3 is 4.90 Å². The van der Waals surface area contributed by atoms with Gasteiger partial charge >= 0.3 is 0 Å². The number of likely N-dealkylation sites (N-methyl/N-ethyl adjacent to an activating group) is 1. The number of alkyl halides is 1. The van der Waals surface area contributed by atoms with Crippen LogP contribution in [0, 0.1) is 0 Å². The smallest absolute Gasteiger partial charge is 0.154 e.